The molecule has 0 saturated carbocycles. The van der Waals surface area contributed by atoms with Crippen LogP contribution in [0.4, 0.5) is 0 Å². The second-order valence-electron chi connectivity index (χ2n) is 7.70. The van der Waals surface area contributed by atoms with E-state index in [0.717, 1.165) is 56.8 Å². The molecule has 1 aromatic heterocycles. The van der Waals surface area contributed by atoms with E-state index in [-0.39, 0.29) is 11.8 Å². The number of hydrogen-bond donors (Lipinski definition) is 0. The lowest BCUT2D eigenvalue weighted by Gasteiger charge is -2.36. The number of aromatic nitrogens is 2. The number of ether oxygens (including phenoxy) is 1. The van der Waals surface area contributed by atoms with Crippen LogP contribution in [0.5, 0.6) is 0 Å². The Balaban J connectivity index is 1.46. The van der Waals surface area contributed by atoms with Crippen molar-refractivity contribution in [2.45, 2.75) is 19.4 Å². The molecule has 2 aliphatic heterocycles. The van der Waals surface area contributed by atoms with Crippen LogP contribution in [0.1, 0.15) is 18.4 Å². The predicted molar refractivity (Wildman–Crippen MR) is 109 cm³/mol. The first-order chi connectivity index (χ1) is 13.6. The number of hydrogen-bond acceptors (Lipinski definition) is 4. The zero-order valence-electron chi connectivity index (χ0n) is 16.3. The van der Waals surface area contributed by atoms with Crippen LogP contribution < -0.4 is 0 Å². The molecule has 0 bridgehead atoms. The van der Waals surface area contributed by atoms with Gasteiger partial charge in [0, 0.05) is 55.6 Å². The van der Waals surface area contributed by atoms with E-state index >= 15 is 0 Å². The highest BCUT2D eigenvalue weighted by Gasteiger charge is 2.30. The lowest BCUT2D eigenvalue weighted by molar-refractivity contribution is -0.141. The second kappa shape index (κ2) is 8.64. The Morgan fingerprint density at radius 3 is 2.89 bits per heavy atom. The Labute approximate surface area is 171 Å². The number of carbonyl (C=O) groups excluding carboxylic acids is 1. The van der Waals surface area contributed by atoms with Crippen LogP contribution in [0.3, 0.4) is 0 Å². The van der Waals surface area contributed by atoms with E-state index in [4.69, 9.17) is 16.3 Å². The first kappa shape index (κ1) is 19.4. The lowest BCUT2D eigenvalue weighted by atomic mass is 9.95. The normalized spacial score (nSPS) is 21.1. The zero-order valence-corrected chi connectivity index (χ0v) is 17.1. The van der Waals surface area contributed by atoms with E-state index in [1.165, 1.54) is 5.56 Å². The molecule has 3 heterocycles. The number of likely N-dealkylation sites (tertiary alicyclic amines) is 1. The van der Waals surface area contributed by atoms with Gasteiger partial charge < -0.3 is 9.64 Å². The lowest BCUT2D eigenvalue weighted by Crippen LogP contribution is -2.48. The molecular formula is C21H27ClN4O2. The van der Waals surface area contributed by atoms with Crippen molar-refractivity contribution in [1.29, 1.82) is 0 Å². The molecule has 150 valence electrons. The fourth-order valence-corrected chi connectivity index (χ4v) is 4.41. The van der Waals surface area contributed by atoms with Gasteiger partial charge >= 0.3 is 0 Å². The maximum absolute atomic E-state index is 12.9. The minimum absolute atomic E-state index is 0.0816. The maximum Gasteiger partial charge on any atom is 0.227 e. The summed E-state index contributed by atoms with van der Waals surface area (Å²) in [7, 11) is 1.94. The molecule has 2 aromatic rings. The zero-order chi connectivity index (χ0) is 19.5. The van der Waals surface area contributed by atoms with Crippen molar-refractivity contribution in [1.82, 2.24) is 19.6 Å². The summed E-state index contributed by atoms with van der Waals surface area (Å²) in [5.41, 5.74) is 3.16. The molecule has 0 spiro atoms. The first-order valence-corrected chi connectivity index (χ1v) is 10.4. The fourth-order valence-electron chi connectivity index (χ4n) is 4.22. The summed E-state index contributed by atoms with van der Waals surface area (Å²) in [6, 6.07) is 7.82. The van der Waals surface area contributed by atoms with Gasteiger partial charge in [-0.15, -0.1) is 0 Å². The third kappa shape index (κ3) is 4.40. The Morgan fingerprint density at radius 1 is 1.29 bits per heavy atom. The smallest absolute Gasteiger partial charge is 0.227 e. The Hall–Kier alpha value is -1.89. The number of nitrogens with zero attached hydrogens (tertiary/aromatic N) is 4. The summed E-state index contributed by atoms with van der Waals surface area (Å²) in [6.07, 6.45) is 4.10. The van der Waals surface area contributed by atoms with Gasteiger partial charge in [0.1, 0.15) is 0 Å². The molecule has 2 fully saturated rings. The average molecular weight is 403 g/mol. The monoisotopic (exact) mass is 402 g/mol. The highest BCUT2D eigenvalue weighted by Crippen LogP contribution is 2.27. The third-order valence-electron chi connectivity index (χ3n) is 5.57. The number of aryl methyl sites for hydroxylation is 1. The Morgan fingerprint density at radius 2 is 2.11 bits per heavy atom. The van der Waals surface area contributed by atoms with Gasteiger partial charge in [-0.25, -0.2) is 0 Å². The van der Waals surface area contributed by atoms with Crippen molar-refractivity contribution in [2.75, 3.05) is 39.4 Å². The van der Waals surface area contributed by atoms with Crippen LogP contribution in [0.2, 0.25) is 5.02 Å². The van der Waals surface area contributed by atoms with Crippen LogP contribution in [0, 0.1) is 5.92 Å². The molecule has 0 N–H and O–H groups in total. The van der Waals surface area contributed by atoms with E-state index in [2.05, 4.69) is 16.2 Å². The van der Waals surface area contributed by atoms with Crippen molar-refractivity contribution in [2.24, 2.45) is 13.0 Å². The van der Waals surface area contributed by atoms with Gasteiger partial charge in [0.05, 0.1) is 24.8 Å². The van der Waals surface area contributed by atoms with Gasteiger partial charge in [-0.1, -0.05) is 23.7 Å². The molecular weight excluding hydrogens is 376 g/mol. The molecule has 2 saturated heterocycles. The molecule has 0 radical (unpaired) electrons. The van der Waals surface area contributed by atoms with Gasteiger partial charge in [0.15, 0.2) is 0 Å². The van der Waals surface area contributed by atoms with E-state index in [1.807, 2.05) is 40.9 Å². The number of halogens is 1. The highest BCUT2D eigenvalue weighted by molar-refractivity contribution is 6.30. The number of amides is 1. The molecule has 4 rings (SSSR count). The van der Waals surface area contributed by atoms with Crippen molar-refractivity contribution < 1.29 is 9.53 Å². The molecule has 2 aliphatic rings. The van der Waals surface area contributed by atoms with E-state index in [9.17, 15) is 4.79 Å². The number of carbonyl (C=O) groups is 1. The molecule has 0 aliphatic carbocycles. The summed E-state index contributed by atoms with van der Waals surface area (Å²) >= 11 is 6.18. The van der Waals surface area contributed by atoms with Crippen LogP contribution >= 0.6 is 11.6 Å². The molecule has 1 atom stereocenters. The molecule has 1 amide bonds. The molecule has 1 aromatic carbocycles. The SMILES string of the molecule is Cn1cc(CN2CCCC(C(=O)N3CCOCC3)C2)c(-c2cccc(Cl)c2)n1. The fraction of sp³-hybridized carbons (Fsp3) is 0.524. The van der Waals surface area contributed by atoms with E-state index < -0.39 is 0 Å². The van der Waals surface area contributed by atoms with E-state index in [1.54, 1.807) is 0 Å². The topological polar surface area (TPSA) is 50.6 Å². The number of piperidine rings is 1. The standard InChI is InChI=1S/C21H27ClN4O2/c1-24-13-18(20(23-24)16-4-2-6-19(22)12-16)15-25-7-3-5-17(14-25)21(27)26-8-10-28-11-9-26/h2,4,6,12-13,17H,3,5,7-11,14-15H2,1H3. The minimum Gasteiger partial charge on any atom is -0.378 e. The highest BCUT2D eigenvalue weighted by atomic mass is 35.5. The Kier molecular flexibility index (Phi) is 5.99. The van der Waals surface area contributed by atoms with Crippen LogP contribution in [-0.2, 0) is 23.1 Å². The minimum atomic E-state index is 0.0816. The van der Waals surface area contributed by atoms with Gasteiger partial charge in [-0.05, 0) is 31.5 Å². The molecule has 1 unspecified atom stereocenters. The Bertz CT molecular complexity index is 832. The average Bonchev–Trinajstić information content (AvgIpc) is 3.08. The molecule has 7 heteroatoms. The van der Waals surface area contributed by atoms with Crippen molar-refractivity contribution in [3.8, 4) is 11.3 Å². The van der Waals surface area contributed by atoms with Crippen LogP contribution in [0.15, 0.2) is 30.5 Å². The largest absolute Gasteiger partial charge is 0.378 e. The molecule has 28 heavy (non-hydrogen) atoms. The van der Waals surface area contributed by atoms with Crippen LogP contribution in [0.25, 0.3) is 11.3 Å². The molecule has 6 nitrogen and oxygen atoms in total. The van der Waals surface area contributed by atoms with Crippen molar-refractivity contribution in [3.05, 3.63) is 41.0 Å². The van der Waals surface area contributed by atoms with E-state index in [0.29, 0.717) is 18.2 Å². The summed E-state index contributed by atoms with van der Waals surface area (Å²) in [5, 5.41) is 5.37. The first-order valence-electron chi connectivity index (χ1n) is 9.97. The van der Waals surface area contributed by atoms with Gasteiger partial charge in [-0.2, -0.15) is 5.10 Å². The third-order valence-corrected chi connectivity index (χ3v) is 5.81. The number of morpholine rings is 1. The van der Waals surface area contributed by atoms with Crippen LogP contribution in [-0.4, -0.2) is 64.9 Å². The van der Waals surface area contributed by atoms with Gasteiger partial charge in [0.25, 0.3) is 0 Å². The van der Waals surface area contributed by atoms with Gasteiger partial charge in [0.2, 0.25) is 5.91 Å². The van der Waals surface area contributed by atoms with Crippen molar-refractivity contribution in [3.63, 3.8) is 0 Å². The number of rotatable bonds is 4. The maximum atomic E-state index is 12.9. The van der Waals surface area contributed by atoms with Crippen molar-refractivity contribution >= 4 is 17.5 Å². The van der Waals surface area contributed by atoms with Gasteiger partial charge in [-0.3, -0.25) is 14.4 Å². The summed E-state index contributed by atoms with van der Waals surface area (Å²) < 4.78 is 7.23. The summed E-state index contributed by atoms with van der Waals surface area (Å²) in [6.45, 7) is 5.36. The second-order valence-corrected chi connectivity index (χ2v) is 8.14. The summed E-state index contributed by atoms with van der Waals surface area (Å²) in [5.74, 6) is 0.368. The summed E-state index contributed by atoms with van der Waals surface area (Å²) in [4.78, 5) is 17.3. The quantitative estimate of drug-likeness (QED) is 0.789. The number of benzene rings is 1. The predicted octanol–water partition coefficient (Wildman–Crippen LogP) is 2.81.